The molecular formula is C24H24ClFN2. The van der Waals surface area contributed by atoms with Gasteiger partial charge in [0.05, 0.1) is 6.17 Å². The Labute approximate surface area is 171 Å². The first-order valence-corrected chi connectivity index (χ1v) is 10.0. The Morgan fingerprint density at radius 1 is 0.821 bits per heavy atom. The number of rotatable bonds is 5. The Hall–Kier alpha value is -2.20. The summed E-state index contributed by atoms with van der Waals surface area (Å²) in [6.07, 6.45) is 0.0212. The van der Waals surface area contributed by atoms with Gasteiger partial charge in [-0.25, -0.2) is 4.39 Å². The third kappa shape index (κ3) is 3.97. The lowest BCUT2D eigenvalue weighted by molar-refractivity contribution is 0.124. The van der Waals surface area contributed by atoms with Crippen molar-refractivity contribution in [2.45, 2.75) is 26.2 Å². The molecule has 28 heavy (non-hydrogen) atoms. The van der Waals surface area contributed by atoms with Crippen molar-refractivity contribution < 1.29 is 4.39 Å². The van der Waals surface area contributed by atoms with Gasteiger partial charge in [-0.3, -0.25) is 9.80 Å². The first-order valence-electron chi connectivity index (χ1n) is 9.64. The van der Waals surface area contributed by atoms with E-state index in [9.17, 15) is 4.39 Å². The molecule has 0 unspecified atom stereocenters. The van der Waals surface area contributed by atoms with E-state index in [-0.39, 0.29) is 12.0 Å². The van der Waals surface area contributed by atoms with Crippen molar-refractivity contribution in [2.75, 3.05) is 13.1 Å². The minimum atomic E-state index is -0.155. The van der Waals surface area contributed by atoms with Gasteiger partial charge in [-0.15, -0.1) is 0 Å². The maximum absolute atomic E-state index is 14.3. The van der Waals surface area contributed by atoms with Crippen LogP contribution < -0.4 is 0 Å². The second-order valence-corrected chi connectivity index (χ2v) is 7.76. The molecule has 0 aliphatic carbocycles. The highest BCUT2D eigenvalue weighted by Crippen LogP contribution is 2.36. The van der Waals surface area contributed by atoms with E-state index in [0.717, 1.165) is 35.8 Å². The van der Waals surface area contributed by atoms with Crippen LogP contribution in [-0.2, 0) is 13.1 Å². The van der Waals surface area contributed by atoms with E-state index in [1.165, 1.54) is 17.2 Å². The number of hydrogen-bond acceptors (Lipinski definition) is 2. The van der Waals surface area contributed by atoms with Gasteiger partial charge in [0.25, 0.3) is 0 Å². The number of nitrogens with zero attached hydrogens (tertiary/aromatic N) is 2. The third-order valence-electron chi connectivity index (χ3n) is 5.52. The van der Waals surface area contributed by atoms with Crippen LogP contribution in [0.1, 0.15) is 28.4 Å². The number of benzene rings is 3. The quantitative estimate of drug-likeness (QED) is 0.539. The van der Waals surface area contributed by atoms with E-state index in [2.05, 4.69) is 47.1 Å². The van der Waals surface area contributed by atoms with Crippen molar-refractivity contribution in [1.29, 1.82) is 0 Å². The predicted octanol–water partition coefficient (Wildman–Crippen LogP) is 5.80. The molecule has 3 aromatic carbocycles. The minimum absolute atomic E-state index is 0.0212. The van der Waals surface area contributed by atoms with Gasteiger partial charge >= 0.3 is 0 Å². The average molecular weight is 395 g/mol. The van der Waals surface area contributed by atoms with Crippen molar-refractivity contribution in [2.24, 2.45) is 0 Å². The summed E-state index contributed by atoms with van der Waals surface area (Å²) in [7, 11) is 0. The van der Waals surface area contributed by atoms with E-state index in [1.54, 1.807) is 6.07 Å². The molecule has 1 aliphatic rings. The highest BCUT2D eigenvalue weighted by molar-refractivity contribution is 6.31. The molecule has 0 radical (unpaired) electrons. The molecular weight excluding hydrogens is 371 g/mol. The molecule has 0 bridgehead atoms. The summed E-state index contributed by atoms with van der Waals surface area (Å²) in [4.78, 5) is 4.75. The van der Waals surface area contributed by atoms with Crippen LogP contribution in [0.3, 0.4) is 0 Å². The van der Waals surface area contributed by atoms with Crippen LogP contribution in [0.15, 0.2) is 72.8 Å². The van der Waals surface area contributed by atoms with Crippen molar-refractivity contribution in [3.8, 4) is 0 Å². The fourth-order valence-corrected chi connectivity index (χ4v) is 4.23. The largest absolute Gasteiger partial charge is 0.278 e. The average Bonchev–Trinajstić information content (AvgIpc) is 3.08. The van der Waals surface area contributed by atoms with Crippen LogP contribution >= 0.6 is 11.6 Å². The molecule has 0 saturated carbocycles. The van der Waals surface area contributed by atoms with Crippen molar-refractivity contribution in [3.05, 3.63) is 106 Å². The Bertz CT molecular complexity index is 903. The van der Waals surface area contributed by atoms with Gasteiger partial charge in [-0.05, 0) is 30.2 Å². The Morgan fingerprint density at radius 3 is 2.07 bits per heavy atom. The second kappa shape index (κ2) is 8.44. The first kappa shape index (κ1) is 19.1. The first-order chi connectivity index (χ1) is 13.6. The third-order valence-corrected chi connectivity index (χ3v) is 5.86. The number of hydrogen-bond donors (Lipinski definition) is 0. The molecule has 0 spiro atoms. The lowest BCUT2D eigenvalue weighted by Crippen LogP contribution is -2.31. The van der Waals surface area contributed by atoms with E-state index >= 15 is 0 Å². The zero-order valence-corrected chi connectivity index (χ0v) is 16.7. The van der Waals surface area contributed by atoms with Gasteiger partial charge < -0.3 is 0 Å². The molecule has 1 saturated heterocycles. The molecule has 4 rings (SSSR count). The molecule has 3 aromatic rings. The summed E-state index contributed by atoms with van der Waals surface area (Å²) in [5.74, 6) is -0.155. The van der Waals surface area contributed by atoms with E-state index in [1.807, 2.05) is 30.3 Å². The lowest BCUT2D eigenvalue weighted by atomic mass is 10.1. The maximum Gasteiger partial charge on any atom is 0.127 e. The maximum atomic E-state index is 14.3. The molecule has 4 heteroatoms. The smallest absolute Gasteiger partial charge is 0.127 e. The number of aryl methyl sites for hydroxylation is 1. The van der Waals surface area contributed by atoms with Crippen LogP contribution in [0.2, 0.25) is 5.02 Å². The van der Waals surface area contributed by atoms with Gasteiger partial charge in [-0.1, -0.05) is 72.3 Å². The monoisotopic (exact) mass is 394 g/mol. The number of halogens is 2. The molecule has 1 atom stereocenters. The van der Waals surface area contributed by atoms with Crippen LogP contribution in [0.25, 0.3) is 0 Å². The molecule has 0 amide bonds. The van der Waals surface area contributed by atoms with Crippen molar-refractivity contribution in [1.82, 2.24) is 9.80 Å². The van der Waals surface area contributed by atoms with E-state index < -0.39 is 0 Å². The highest BCUT2D eigenvalue weighted by atomic mass is 35.5. The lowest BCUT2D eigenvalue weighted by Gasteiger charge is -2.32. The van der Waals surface area contributed by atoms with E-state index in [0.29, 0.717) is 6.54 Å². The van der Waals surface area contributed by atoms with Crippen LogP contribution in [-0.4, -0.2) is 22.9 Å². The molecule has 1 fully saturated rings. The van der Waals surface area contributed by atoms with Crippen LogP contribution in [0.4, 0.5) is 4.39 Å². The minimum Gasteiger partial charge on any atom is -0.278 e. The Balaban J connectivity index is 1.66. The zero-order chi connectivity index (χ0) is 19.5. The van der Waals surface area contributed by atoms with Gasteiger partial charge in [0, 0.05) is 42.3 Å². The standard InChI is InChI=1S/C24H24ClFN2/c1-18-8-2-3-9-19(18)16-27-14-15-28(17-20-10-4-7-13-23(20)26)24(27)21-11-5-6-12-22(21)25/h2-13,24H,14-17H2,1H3/t24-/m1/s1. The predicted molar refractivity (Wildman–Crippen MR) is 113 cm³/mol. The van der Waals surface area contributed by atoms with Crippen LogP contribution in [0.5, 0.6) is 0 Å². The van der Waals surface area contributed by atoms with Gasteiger partial charge in [-0.2, -0.15) is 0 Å². The molecule has 2 nitrogen and oxygen atoms in total. The topological polar surface area (TPSA) is 6.48 Å². The molecule has 1 aliphatic heterocycles. The van der Waals surface area contributed by atoms with Crippen LogP contribution in [0, 0.1) is 12.7 Å². The SMILES string of the molecule is Cc1ccccc1CN1CCN(Cc2ccccc2F)[C@@H]1c1ccccc1Cl. The molecule has 1 heterocycles. The molecule has 144 valence electrons. The second-order valence-electron chi connectivity index (χ2n) is 7.35. The van der Waals surface area contributed by atoms with Crippen molar-refractivity contribution >= 4 is 11.6 Å². The fourth-order valence-electron chi connectivity index (χ4n) is 3.99. The van der Waals surface area contributed by atoms with E-state index in [4.69, 9.17) is 11.6 Å². The van der Waals surface area contributed by atoms with Gasteiger partial charge in [0.2, 0.25) is 0 Å². The fraction of sp³-hybridized carbons (Fsp3) is 0.250. The molecule has 0 N–H and O–H groups in total. The Morgan fingerprint density at radius 2 is 1.39 bits per heavy atom. The van der Waals surface area contributed by atoms with Crippen molar-refractivity contribution in [3.63, 3.8) is 0 Å². The molecule has 0 aromatic heterocycles. The summed E-state index contributed by atoms with van der Waals surface area (Å²) in [6, 6.07) is 23.5. The van der Waals surface area contributed by atoms with Gasteiger partial charge in [0.15, 0.2) is 0 Å². The Kier molecular flexibility index (Phi) is 5.77. The summed E-state index contributed by atoms with van der Waals surface area (Å²) in [6.45, 7) is 5.34. The normalized spacial score (nSPS) is 17.9. The van der Waals surface area contributed by atoms with Gasteiger partial charge in [0.1, 0.15) is 5.82 Å². The highest BCUT2D eigenvalue weighted by Gasteiger charge is 2.34. The summed E-state index contributed by atoms with van der Waals surface area (Å²) >= 11 is 6.58. The summed E-state index contributed by atoms with van der Waals surface area (Å²) in [5.41, 5.74) is 4.39. The summed E-state index contributed by atoms with van der Waals surface area (Å²) < 4.78 is 14.3. The summed E-state index contributed by atoms with van der Waals surface area (Å²) in [5, 5.41) is 0.753. The zero-order valence-electron chi connectivity index (χ0n) is 16.0.